The van der Waals surface area contributed by atoms with Crippen LogP contribution in [0.15, 0.2) is 53.4 Å². The van der Waals surface area contributed by atoms with Crippen LogP contribution in [0.5, 0.6) is 0 Å². The van der Waals surface area contributed by atoms with E-state index in [0.29, 0.717) is 5.56 Å². The van der Waals surface area contributed by atoms with Gasteiger partial charge in [-0.05, 0) is 49.7 Å². The van der Waals surface area contributed by atoms with Gasteiger partial charge in [-0.3, -0.25) is 9.52 Å². The molecule has 0 bridgehead atoms. The predicted octanol–water partition coefficient (Wildman–Crippen LogP) is 3.15. The second kappa shape index (κ2) is 7.44. The fourth-order valence-electron chi connectivity index (χ4n) is 1.94. The first-order chi connectivity index (χ1) is 11.3. The van der Waals surface area contributed by atoms with E-state index in [4.69, 9.17) is 0 Å². The monoisotopic (exact) mass is 350 g/mol. The Morgan fingerprint density at radius 3 is 2.33 bits per heavy atom. The van der Waals surface area contributed by atoms with Gasteiger partial charge in [-0.1, -0.05) is 19.1 Å². The number of amides is 1. The van der Waals surface area contributed by atoms with Gasteiger partial charge >= 0.3 is 0 Å². The number of para-hydroxylation sites is 1. The Balaban J connectivity index is 2.17. The van der Waals surface area contributed by atoms with Gasteiger partial charge in [-0.25, -0.2) is 12.8 Å². The lowest BCUT2D eigenvalue weighted by Crippen LogP contribution is -2.31. The van der Waals surface area contributed by atoms with Crippen LogP contribution in [-0.2, 0) is 10.0 Å². The number of rotatable bonds is 6. The van der Waals surface area contributed by atoms with Crippen LogP contribution in [0.2, 0.25) is 0 Å². The van der Waals surface area contributed by atoms with Crippen molar-refractivity contribution < 1.29 is 17.6 Å². The molecule has 128 valence electrons. The molecule has 0 saturated carbocycles. The third kappa shape index (κ3) is 4.32. The highest BCUT2D eigenvalue weighted by Crippen LogP contribution is 2.19. The molecular weight excluding hydrogens is 331 g/mol. The van der Waals surface area contributed by atoms with Crippen molar-refractivity contribution in [1.82, 2.24) is 5.32 Å². The van der Waals surface area contributed by atoms with Crippen LogP contribution >= 0.6 is 0 Å². The highest BCUT2D eigenvalue weighted by atomic mass is 32.2. The van der Waals surface area contributed by atoms with Crippen LogP contribution in [-0.4, -0.2) is 20.4 Å². The summed E-state index contributed by atoms with van der Waals surface area (Å²) in [6.07, 6.45) is 0.796. The van der Waals surface area contributed by atoms with E-state index in [9.17, 15) is 17.6 Å². The molecule has 1 amide bonds. The average Bonchev–Trinajstić information content (AvgIpc) is 2.56. The molecule has 2 rings (SSSR count). The SMILES string of the molecule is CCC(C)NC(=O)c1ccc(S(=O)(=O)Nc2ccccc2F)cc1. The van der Waals surface area contributed by atoms with Crippen molar-refractivity contribution in [2.45, 2.75) is 31.2 Å². The van der Waals surface area contributed by atoms with Gasteiger partial charge < -0.3 is 5.32 Å². The summed E-state index contributed by atoms with van der Waals surface area (Å²) >= 11 is 0. The van der Waals surface area contributed by atoms with Gasteiger partial charge in [-0.15, -0.1) is 0 Å². The van der Waals surface area contributed by atoms with Gasteiger partial charge in [0.25, 0.3) is 15.9 Å². The standard InChI is InChI=1S/C17H19FN2O3S/c1-3-12(2)19-17(21)13-8-10-14(11-9-13)24(22,23)20-16-7-5-4-6-15(16)18/h4-12,20H,3H2,1-2H3,(H,19,21). The minimum Gasteiger partial charge on any atom is -0.350 e. The molecule has 0 saturated heterocycles. The highest BCUT2D eigenvalue weighted by Gasteiger charge is 2.17. The quantitative estimate of drug-likeness (QED) is 0.840. The summed E-state index contributed by atoms with van der Waals surface area (Å²) in [5.74, 6) is -0.930. The Bertz CT molecular complexity index is 820. The summed E-state index contributed by atoms with van der Waals surface area (Å²) in [5.41, 5.74) is 0.233. The second-order valence-electron chi connectivity index (χ2n) is 5.39. The molecule has 0 aliphatic rings. The molecule has 0 aromatic heterocycles. The third-order valence-electron chi connectivity index (χ3n) is 3.53. The van der Waals surface area contributed by atoms with Crippen LogP contribution in [0.1, 0.15) is 30.6 Å². The van der Waals surface area contributed by atoms with E-state index >= 15 is 0 Å². The normalized spacial score (nSPS) is 12.5. The fourth-order valence-corrected chi connectivity index (χ4v) is 3.01. The van der Waals surface area contributed by atoms with E-state index in [1.54, 1.807) is 0 Å². The summed E-state index contributed by atoms with van der Waals surface area (Å²) in [5, 5.41) is 2.80. The number of hydrogen-bond acceptors (Lipinski definition) is 3. The molecular formula is C17H19FN2O3S. The molecule has 0 aliphatic heterocycles. The zero-order valence-corrected chi connectivity index (χ0v) is 14.2. The number of hydrogen-bond donors (Lipinski definition) is 2. The Morgan fingerprint density at radius 1 is 1.12 bits per heavy atom. The van der Waals surface area contributed by atoms with E-state index < -0.39 is 15.8 Å². The lowest BCUT2D eigenvalue weighted by molar-refractivity contribution is 0.0939. The molecule has 0 spiro atoms. The van der Waals surface area contributed by atoms with Crippen LogP contribution in [0, 0.1) is 5.82 Å². The number of carbonyl (C=O) groups excluding carboxylic acids is 1. The number of anilines is 1. The van der Waals surface area contributed by atoms with Crippen LogP contribution in [0.4, 0.5) is 10.1 Å². The van der Waals surface area contributed by atoms with Crippen LogP contribution < -0.4 is 10.0 Å². The Morgan fingerprint density at radius 2 is 1.75 bits per heavy atom. The largest absolute Gasteiger partial charge is 0.350 e. The van der Waals surface area contributed by atoms with Crippen molar-refractivity contribution in [1.29, 1.82) is 0 Å². The average molecular weight is 350 g/mol. The molecule has 1 atom stereocenters. The van der Waals surface area contributed by atoms with E-state index in [0.717, 1.165) is 6.42 Å². The molecule has 0 aliphatic carbocycles. The van der Waals surface area contributed by atoms with Gasteiger partial charge in [0.15, 0.2) is 0 Å². The fraction of sp³-hybridized carbons (Fsp3) is 0.235. The Labute approximate surface area is 141 Å². The topological polar surface area (TPSA) is 75.3 Å². The van der Waals surface area contributed by atoms with Gasteiger partial charge in [0.05, 0.1) is 10.6 Å². The van der Waals surface area contributed by atoms with E-state index in [1.807, 2.05) is 13.8 Å². The lowest BCUT2D eigenvalue weighted by Gasteiger charge is -2.12. The van der Waals surface area contributed by atoms with Crippen LogP contribution in [0.3, 0.4) is 0 Å². The van der Waals surface area contributed by atoms with E-state index in [2.05, 4.69) is 10.0 Å². The van der Waals surface area contributed by atoms with Gasteiger partial charge in [0, 0.05) is 11.6 Å². The number of nitrogens with one attached hydrogen (secondary N) is 2. The van der Waals surface area contributed by atoms with Crippen LogP contribution in [0.25, 0.3) is 0 Å². The molecule has 0 radical (unpaired) electrons. The van der Waals surface area contributed by atoms with Crippen molar-refractivity contribution in [3.63, 3.8) is 0 Å². The van der Waals surface area contributed by atoms with Crippen molar-refractivity contribution in [3.05, 3.63) is 59.9 Å². The number of sulfonamides is 1. The van der Waals surface area contributed by atoms with Crippen molar-refractivity contribution >= 4 is 21.6 Å². The predicted molar refractivity (Wildman–Crippen MR) is 90.9 cm³/mol. The summed E-state index contributed by atoms with van der Waals surface area (Å²) < 4.78 is 40.3. The minimum absolute atomic E-state index is 0.0311. The molecule has 24 heavy (non-hydrogen) atoms. The Hall–Kier alpha value is -2.41. The lowest BCUT2D eigenvalue weighted by atomic mass is 10.2. The summed E-state index contributed by atoms with van der Waals surface area (Å²) in [6, 6.07) is 11.0. The van der Waals surface area contributed by atoms with Gasteiger partial charge in [-0.2, -0.15) is 0 Å². The van der Waals surface area contributed by atoms with E-state index in [-0.39, 0.29) is 22.5 Å². The first-order valence-electron chi connectivity index (χ1n) is 7.51. The van der Waals surface area contributed by atoms with Crippen molar-refractivity contribution in [2.75, 3.05) is 4.72 Å². The second-order valence-corrected chi connectivity index (χ2v) is 7.07. The first-order valence-corrected chi connectivity index (χ1v) is 9.00. The first kappa shape index (κ1) is 17.9. The molecule has 2 N–H and O–H groups in total. The number of carbonyl (C=O) groups is 1. The number of benzene rings is 2. The molecule has 0 heterocycles. The van der Waals surface area contributed by atoms with Crippen molar-refractivity contribution in [3.8, 4) is 0 Å². The molecule has 7 heteroatoms. The maximum absolute atomic E-state index is 13.6. The highest BCUT2D eigenvalue weighted by molar-refractivity contribution is 7.92. The summed E-state index contributed by atoms with van der Waals surface area (Å²) in [7, 11) is -3.93. The molecule has 2 aromatic carbocycles. The molecule has 1 unspecified atom stereocenters. The van der Waals surface area contributed by atoms with Gasteiger partial charge in [0.1, 0.15) is 5.82 Å². The molecule has 2 aromatic rings. The molecule has 5 nitrogen and oxygen atoms in total. The van der Waals surface area contributed by atoms with Crippen molar-refractivity contribution in [2.24, 2.45) is 0 Å². The number of halogens is 1. The summed E-state index contributed by atoms with van der Waals surface area (Å²) in [6.45, 7) is 3.84. The minimum atomic E-state index is -3.93. The third-order valence-corrected chi connectivity index (χ3v) is 4.92. The maximum atomic E-state index is 13.6. The molecule has 0 fully saturated rings. The summed E-state index contributed by atoms with van der Waals surface area (Å²) in [4.78, 5) is 11.9. The zero-order chi connectivity index (χ0) is 17.7. The van der Waals surface area contributed by atoms with E-state index in [1.165, 1.54) is 48.5 Å². The smallest absolute Gasteiger partial charge is 0.261 e. The van der Waals surface area contributed by atoms with Gasteiger partial charge in [0.2, 0.25) is 0 Å². The zero-order valence-electron chi connectivity index (χ0n) is 13.4. The Kier molecular flexibility index (Phi) is 5.56. The maximum Gasteiger partial charge on any atom is 0.261 e.